The summed E-state index contributed by atoms with van der Waals surface area (Å²) in [5, 5.41) is 12.4. The molecule has 0 spiro atoms. The predicted octanol–water partition coefficient (Wildman–Crippen LogP) is 2.99. The van der Waals surface area contributed by atoms with E-state index in [-0.39, 0.29) is 12.1 Å². The molecule has 3 unspecified atom stereocenters. The fourth-order valence-corrected chi connectivity index (χ4v) is 3.71. The minimum absolute atomic E-state index is 0.0558. The molecule has 2 aliphatic rings. The highest BCUT2D eigenvalue weighted by molar-refractivity contribution is 5.77. The minimum Gasteiger partial charge on any atom is -0.481 e. The number of carbonyl (C=O) groups excluding carboxylic acids is 1. The Hall–Kier alpha value is -1.26. The number of carboxylic acids is 1. The van der Waals surface area contributed by atoms with Crippen LogP contribution in [-0.2, 0) is 4.79 Å². The van der Waals surface area contributed by atoms with Gasteiger partial charge < -0.3 is 15.3 Å². The van der Waals surface area contributed by atoms with E-state index in [9.17, 15) is 14.7 Å². The molecule has 0 aromatic heterocycles. The zero-order chi connectivity index (χ0) is 15.2. The first kappa shape index (κ1) is 16.1. The van der Waals surface area contributed by atoms with Gasteiger partial charge in [-0.15, -0.1) is 0 Å². The van der Waals surface area contributed by atoms with E-state index in [1.54, 1.807) is 0 Å². The number of nitrogens with zero attached hydrogens (tertiary/aromatic N) is 1. The van der Waals surface area contributed by atoms with Gasteiger partial charge in [-0.2, -0.15) is 0 Å². The number of hydrogen-bond donors (Lipinski definition) is 2. The maximum atomic E-state index is 12.5. The van der Waals surface area contributed by atoms with Gasteiger partial charge in [-0.05, 0) is 38.5 Å². The van der Waals surface area contributed by atoms with Crippen LogP contribution in [0.15, 0.2) is 0 Å². The predicted molar refractivity (Wildman–Crippen MR) is 81.2 cm³/mol. The average molecular weight is 296 g/mol. The Morgan fingerprint density at radius 3 is 2.52 bits per heavy atom. The Balaban J connectivity index is 1.99. The molecule has 21 heavy (non-hydrogen) atoms. The van der Waals surface area contributed by atoms with Crippen LogP contribution in [-0.4, -0.2) is 40.6 Å². The summed E-state index contributed by atoms with van der Waals surface area (Å²) in [5.41, 5.74) is 0. The SMILES string of the molecule is CCC1CCCCN1C(=O)NC1CCCCCC1C(=O)O. The Labute approximate surface area is 127 Å². The summed E-state index contributed by atoms with van der Waals surface area (Å²) in [4.78, 5) is 25.9. The highest BCUT2D eigenvalue weighted by Crippen LogP contribution is 2.25. The number of nitrogens with one attached hydrogen (secondary N) is 1. The van der Waals surface area contributed by atoms with Crippen molar-refractivity contribution in [1.29, 1.82) is 0 Å². The number of rotatable bonds is 3. The van der Waals surface area contributed by atoms with Crippen molar-refractivity contribution in [3.05, 3.63) is 0 Å². The quantitative estimate of drug-likeness (QED) is 0.787. The Morgan fingerprint density at radius 1 is 1.10 bits per heavy atom. The van der Waals surface area contributed by atoms with Gasteiger partial charge in [-0.25, -0.2) is 4.79 Å². The molecule has 1 heterocycles. The van der Waals surface area contributed by atoms with Crippen molar-refractivity contribution in [2.24, 2.45) is 5.92 Å². The molecule has 120 valence electrons. The number of carbonyl (C=O) groups is 2. The van der Waals surface area contributed by atoms with Crippen LogP contribution in [0.4, 0.5) is 4.79 Å². The summed E-state index contributed by atoms with van der Waals surface area (Å²) in [6, 6.07) is 0.0458. The molecule has 0 radical (unpaired) electrons. The second-order valence-electron chi connectivity index (χ2n) is 6.39. The summed E-state index contributed by atoms with van der Waals surface area (Å²) in [7, 11) is 0. The smallest absolute Gasteiger partial charge is 0.317 e. The van der Waals surface area contributed by atoms with E-state index >= 15 is 0 Å². The molecule has 2 N–H and O–H groups in total. The van der Waals surface area contributed by atoms with Crippen molar-refractivity contribution in [1.82, 2.24) is 10.2 Å². The molecule has 5 heteroatoms. The van der Waals surface area contributed by atoms with Gasteiger partial charge in [0.05, 0.1) is 5.92 Å². The number of urea groups is 1. The Morgan fingerprint density at radius 2 is 1.81 bits per heavy atom. The fraction of sp³-hybridized carbons (Fsp3) is 0.875. The maximum absolute atomic E-state index is 12.5. The molecule has 1 saturated carbocycles. The molecule has 1 saturated heterocycles. The summed E-state index contributed by atoms with van der Waals surface area (Å²) in [6.45, 7) is 2.91. The first-order valence-electron chi connectivity index (χ1n) is 8.43. The van der Waals surface area contributed by atoms with E-state index in [0.29, 0.717) is 12.5 Å². The molecule has 3 atom stereocenters. The van der Waals surface area contributed by atoms with Gasteiger partial charge in [0, 0.05) is 18.6 Å². The largest absolute Gasteiger partial charge is 0.481 e. The van der Waals surface area contributed by atoms with Gasteiger partial charge in [0.25, 0.3) is 0 Å². The van der Waals surface area contributed by atoms with Crippen molar-refractivity contribution < 1.29 is 14.7 Å². The van der Waals surface area contributed by atoms with Gasteiger partial charge in [0.2, 0.25) is 0 Å². The van der Waals surface area contributed by atoms with Crippen LogP contribution in [0.25, 0.3) is 0 Å². The Bertz CT molecular complexity index is 373. The van der Waals surface area contributed by atoms with Crippen LogP contribution in [0.5, 0.6) is 0 Å². The third kappa shape index (κ3) is 4.11. The first-order valence-corrected chi connectivity index (χ1v) is 8.43. The van der Waals surface area contributed by atoms with E-state index in [1.165, 1.54) is 6.42 Å². The summed E-state index contributed by atoms with van der Waals surface area (Å²) < 4.78 is 0. The van der Waals surface area contributed by atoms with Gasteiger partial charge in [0.1, 0.15) is 0 Å². The lowest BCUT2D eigenvalue weighted by Gasteiger charge is -2.37. The zero-order valence-corrected chi connectivity index (χ0v) is 13.0. The summed E-state index contributed by atoms with van der Waals surface area (Å²) >= 11 is 0. The number of aliphatic carboxylic acids is 1. The molecule has 2 amide bonds. The zero-order valence-electron chi connectivity index (χ0n) is 13.0. The normalized spacial score (nSPS) is 30.5. The lowest BCUT2D eigenvalue weighted by Crippen LogP contribution is -2.53. The highest BCUT2D eigenvalue weighted by atomic mass is 16.4. The molecule has 2 rings (SSSR count). The van der Waals surface area contributed by atoms with Crippen LogP contribution in [0.1, 0.15) is 64.7 Å². The van der Waals surface area contributed by atoms with Crippen molar-refractivity contribution in [3.8, 4) is 0 Å². The lowest BCUT2D eigenvalue weighted by atomic mass is 9.95. The maximum Gasteiger partial charge on any atom is 0.317 e. The van der Waals surface area contributed by atoms with Gasteiger partial charge >= 0.3 is 12.0 Å². The number of carboxylic acid groups (broad SMARTS) is 1. The van der Waals surface area contributed by atoms with E-state index in [4.69, 9.17) is 0 Å². The minimum atomic E-state index is -0.770. The molecule has 1 aliphatic carbocycles. The number of hydrogen-bond acceptors (Lipinski definition) is 2. The van der Waals surface area contributed by atoms with Crippen molar-refractivity contribution in [2.45, 2.75) is 76.8 Å². The third-order valence-electron chi connectivity index (χ3n) is 5.00. The lowest BCUT2D eigenvalue weighted by molar-refractivity contribution is -0.142. The molecule has 0 aromatic rings. The fourth-order valence-electron chi connectivity index (χ4n) is 3.71. The summed E-state index contributed by atoms with van der Waals surface area (Å²) in [6.07, 6.45) is 8.76. The number of likely N-dealkylation sites (tertiary alicyclic amines) is 1. The number of amides is 2. The second-order valence-corrected chi connectivity index (χ2v) is 6.39. The molecule has 0 aromatic carbocycles. The van der Waals surface area contributed by atoms with Crippen molar-refractivity contribution >= 4 is 12.0 Å². The van der Waals surface area contributed by atoms with Crippen LogP contribution in [0.3, 0.4) is 0 Å². The summed E-state index contributed by atoms with van der Waals surface area (Å²) in [5.74, 6) is -1.20. The van der Waals surface area contributed by atoms with E-state index in [0.717, 1.165) is 51.5 Å². The third-order valence-corrected chi connectivity index (χ3v) is 5.00. The molecule has 1 aliphatic heterocycles. The second kappa shape index (κ2) is 7.66. The van der Waals surface area contributed by atoms with Crippen molar-refractivity contribution in [3.63, 3.8) is 0 Å². The molecule has 5 nitrogen and oxygen atoms in total. The van der Waals surface area contributed by atoms with Crippen LogP contribution >= 0.6 is 0 Å². The van der Waals surface area contributed by atoms with Crippen LogP contribution in [0.2, 0.25) is 0 Å². The topological polar surface area (TPSA) is 69.6 Å². The standard InChI is InChI=1S/C16H28N2O3/c1-2-12-8-6-7-11-18(12)16(21)17-14-10-5-3-4-9-13(14)15(19)20/h12-14H,2-11H2,1H3,(H,17,21)(H,19,20). The molecule has 0 bridgehead atoms. The van der Waals surface area contributed by atoms with Crippen molar-refractivity contribution in [2.75, 3.05) is 6.54 Å². The number of piperidine rings is 1. The Kier molecular flexibility index (Phi) is 5.88. The molecule has 2 fully saturated rings. The van der Waals surface area contributed by atoms with Crippen LogP contribution < -0.4 is 5.32 Å². The van der Waals surface area contributed by atoms with E-state index in [2.05, 4.69) is 12.2 Å². The molecular weight excluding hydrogens is 268 g/mol. The monoisotopic (exact) mass is 296 g/mol. The van der Waals surface area contributed by atoms with Gasteiger partial charge in [-0.1, -0.05) is 26.2 Å². The van der Waals surface area contributed by atoms with Gasteiger partial charge in [0.15, 0.2) is 0 Å². The van der Waals surface area contributed by atoms with Gasteiger partial charge in [-0.3, -0.25) is 4.79 Å². The molecular formula is C16H28N2O3. The van der Waals surface area contributed by atoms with E-state index < -0.39 is 11.9 Å². The van der Waals surface area contributed by atoms with Crippen LogP contribution in [0, 0.1) is 5.92 Å². The van der Waals surface area contributed by atoms with E-state index in [1.807, 2.05) is 4.90 Å². The highest BCUT2D eigenvalue weighted by Gasteiger charge is 2.33. The first-order chi connectivity index (χ1) is 10.1. The average Bonchev–Trinajstić information content (AvgIpc) is 2.72.